The van der Waals surface area contributed by atoms with Gasteiger partial charge in [-0.05, 0) is 42.9 Å². The van der Waals surface area contributed by atoms with Crippen LogP contribution in [0.15, 0.2) is 47.4 Å². The van der Waals surface area contributed by atoms with Crippen molar-refractivity contribution in [2.24, 2.45) is 0 Å². The number of nitrogens with one attached hydrogen (secondary N) is 1. The minimum Gasteiger partial charge on any atom is -0.496 e. The highest BCUT2D eigenvalue weighted by Gasteiger charge is 2.28. The lowest BCUT2D eigenvalue weighted by molar-refractivity contribution is 0.0597. The van der Waals surface area contributed by atoms with Crippen LogP contribution in [0, 0.1) is 0 Å². The van der Waals surface area contributed by atoms with Gasteiger partial charge in [0.1, 0.15) is 11.3 Å². The van der Waals surface area contributed by atoms with Gasteiger partial charge in [-0.3, -0.25) is 4.79 Å². The summed E-state index contributed by atoms with van der Waals surface area (Å²) in [5.41, 5.74) is 1.16. The van der Waals surface area contributed by atoms with E-state index in [4.69, 9.17) is 9.47 Å². The number of carbonyl (C=O) groups is 2. The minimum absolute atomic E-state index is 0.0899. The van der Waals surface area contributed by atoms with E-state index in [0.29, 0.717) is 37.5 Å². The van der Waals surface area contributed by atoms with Crippen LogP contribution in [0.2, 0.25) is 0 Å². The Morgan fingerprint density at radius 3 is 2.41 bits per heavy atom. The second-order valence-electron chi connectivity index (χ2n) is 7.44. The van der Waals surface area contributed by atoms with E-state index in [9.17, 15) is 18.0 Å². The molecule has 0 spiro atoms. The lowest BCUT2D eigenvalue weighted by atomic mass is 10.1. The Hall–Kier alpha value is -2.95. The molecular weight excluding hydrogens is 434 g/mol. The summed E-state index contributed by atoms with van der Waals surface area (Å²) in [7, 11) is 1.01. The quantitative estimate of drug-likeness (QED) is 0.621. The van der Waals surface area contributed by atoms with Crippen molar-refractivity contribution in [3.05, 3.63) is 59.2 Å². The highest BCUT2D eigenvalue weighted by Crippen LogP contribution is 2.21. The number of rotatable bonds is 7. The predicted molar refractivity (Wildman–Crippen MR) is 118 cm³/mol. The zero-order valence-corrected chi connectivity index (χ0v) is 19.1. The van der Waals surface area contributed by atoms with E-state index in [-0.39, 0.29) is 22.6 Å². The zero-order chi connectivity index (χ0) is 23.3. The van der Waals surface area contributed by atoms with Crippen LogP contribution < -0.4 is 10.1 Å². The summed E-state index contributed by atoms with van der Waals surface area (Å²) in [5.74, 6) is -0.596. The van der Waals surface area contributed by atoms with Crippen molar-refractivity contribution >= 4 is 21.9 Å². The number of ether oxygens (including phenoxy) is 2. The summed E-state index contributed by atoms with van der Waals surface area (Å²) in [6.45, 7) is 2.29. The number of amides is 1. The number of nitrogens with zero attached hydrogens (tertiary/aromatic N) is 2. The van der Waals surface area contributed by atoms with Crippen molar-refractivity contribution in [2.45, 2.75) is 11.4 Å². The maximum Gasteiger partial charge on any atom is 0.341 e. The van der Waals surface area contributed by atoms with Gasteiger partial charge < -0.3 is 19.7 Å². The van der Waals surface area contributed by atoms with Crippen LogP contribution in [0.4, 0.5) is 0 Å². The first-order valence-corrected chi connectivity index (χ1v) is 11.5. The fraction of sp³-hybridized carbons (Fsp3) is 0.364. The molecule has 0 saturated carbocycles. The number of methoxy groups -OCH3 is 2. The summed E-state index contributed by atoms with van der Waals surface area (Å²) in [5, 5.41) is 2.75. The summed E-state index contributed by atoms with van der Waals surface area (Å²) < 4.78 is 37.3. The first-order valence-electron chi connectivity index (χ1n) is 10.1. The summed E-state index contributed by atoms with van der Waals surface area (Å²) in [4.78, 5) is 26.8. The minimum atomic E-state index is -3.67. The second-order valence-corrected chi connectivity index (χ2v) is 9.38. The Morgan fingerprint density at radius 2 is 1.75 bits per heavy atom. The molecule has 32 heavy (non-hydrogen) atoms. The Kier molecular flexibility index (Phi) is 7.49. The molecule has 2 aromatic rings. The van der Waals surface area contributed by atoms with Crippen LogP contribution in [0.5, 0.6) is 5.75 Å². The van der Waals surface area contributed by atoms with Crippen LogP contribution in [-0.2, 0) is 21.3 Å². The van der Waals surface area contributed by atoms with E-state index in [2.05, 4.69) is 10.2 Å². The van der Waals surface area contributed by atoms with Gasteiger partial charge in [-0.1, -0.05) is 12.1 Å². The van der Waals surface area contributed by atoms with Crippen LogP contribution in [-0.4, -0.2) is 76.9 Å². The second kappa shape index (κ2) is 10.1. The highest BCUT2D eigenvalue weighted by molar-refractivity contribution is 7.89. The lowest BCUT2D eigenvalue weighted by Crippen LogP contribution is -2.47. The van der Waals surface area contributed by atoms with Gasteiger partial charge in [0, 0.05) is 38.3 Å². The van der Waals surface area contributed by atoms with Crippen LogP contribution in [0.1, 0.15) is 26.3 Å². The van der Waals surface area contributed by atoms with Gasteiger partial charge in [-0.2, -0.15) is 4.31 Å². The SMILES string of the molecule is COC(=O)c1cc(CNC(=O)c2cccc(S(=O)(=O)N3CCN(C)CC3)c2)ccc1OC. The molecule has 1 N–H and O–H groups in total. The first-order chi connectivity index (χ1) is 15.3. The molecule has 9 nitrogen and oxygen atoms in total. The molecule has 0 bridgehead atoms. The smallest absolute Gasteiger partial charge is 0.341 e. The summed E-state index contributed by atoms with van der Waals surface area (Å²) in [6, 6.07) is 10.9. The lowest BCUT2D eigenvalue weighted by Gasteiger charge is -2.31. The number of hydrogen-bond donors (Lipinski definition) is 1. The van der Waals surface area contributed by atoms with Crippen LogP contribution in [0.3, 0.4) is 0 Å². The molecule has 1 aliphatic heterocycles. The monoisotopic (exact) mass is 461 g/mol. The molecule has 1 fully saturated rings. The van der Waals surface area contributed by atoms with Gasteiger partial charge in [0.25, 0.3) is 5.91 Å². The molecule has 0 atom stereocenters. The Labute approximate surface area is 188 Å². The molecule has 1 heterocycles. The van der Waals surface area contributed by atoms with Gasteiger partial charge in [0.15, 0.2) is 0 Å². The van der Waals surface area contributed by atoms with E-state index >= 15 is 0 Å². The molecule has 0 radical (unpaired) electrons. The van der Waals surface area contributed by atoms with E-state index in [1.54, 1.807) is 30.3 Å². The topological polar surface area (TPSA) is 105 Å². The largest absolute Gasteiger partial charge is 0.496 e. The van der Waals surface area contributed by atoms with Gasteiger partial charge >= 0.3 is 5.97 Å². The number of sulfonamides is 1. The number of hydrogen-bond acceptors (Lipinski definition) is 7. The van der Waals surface area contributed by atoms with Crippen molar-refractivity contribution in [3.8, 4) is 5.75 Å². The third kappa shape index (κ3) is 5.26. The third-order valence-corrected chi connectivity index (χ3v) is 7.21. The van der Waals surface area contributed by atoms with Gasteiger partial charge in [-0.25, -0.2) is 13.2 Å². The van der Waals surface area contributed by atoms with Gasteiger partial charge in [0.2, 0.25) is 10.0 Å². The molecule has 1 saturated heterocycles. The molecule has 172 valence electrons. The molecule has 1 aliphatic rings. The van der Waals surface area contributed by atoms with Crippen LogP contribution >= 0.6 is 0 Å². The van der Waals surface area contributed by atoms with E-state index < -0.39 is 21.9 Å². The van der Waals surface area contributed by atoms with Crippen molar-refractivity contribution in [3.63, 3.8) is 0 Å². The average molecular weight is 462 g/mol. The third-order valence-electron chi connectivity index (χ3n) is 5.32. The Morgan fingerprint density at radius 1 is 1.03 bits per heavy atom. The number of likely N-dealkylation sites (N-methyl/N-ethyl adjacent to an activating group) is 1. The molecule has 10 heteroatoms. The molecule has 0 aliphatic carbocycles. The number of carbonyl (C=O) groups excluding carboxylic acids is 2. The maximum atomic E-state index is 13.0. The summed E-state index contributed by atoms with van der Waals surface area (Å²) in [6.07, 6.45) is 0. The van der Waals surface area contributed by atoms with Gasteiger partial charge in [0.05, 0.1) is 19.1 Å². The number of esters is 1. The zero-order valence-electron chi connectivity index (χ0n) is 18.3. The molecule has 1 amide bonds. The molecule has 0 unspecified atom stereocenters. The number of benzene rings is 2. The van der Waals surface area contributed by atoms with E-state index in [0.717, 1.165) is 0 Å². The normalized spacial score (nSPS) is 15.2. The molecule has 3 rings (SSSR count). The standard InChI is InChI=1S/C22H27N3O6S/c1-24-9-11-25(12-10-24)32(28,29)18-6-4-5-17(14-18)21(26)23-15-16-7-8-20(30-2)19(13-16)22(27)31-3/h4-8,13-14H,9-12,15H2,1-3H3,(H,23,26). The average Bonchev–Trinajstić information content (AvgIpc) is 2.82. The first kappa shape index (κ1) is 23.7. The predicted octanol–water partition coefficient (Wildman–Crippen LogP) is 1.35. The van der Waals surface area contributed by atoms with Crippen molar-refractivity contribution in [1.29, 1.82) is 0 Å². The van der Waals surface area contributed by atoms with Crippen LogP contribution in [0.25, 0.3) is 0 Å². The fourth-order valence-electron chi connectivity index (χ4n) is 3.39. The van der Waals surface area contributed by atoms with E-state index in [1.165, 1.54) is 30.7 Å². The Bertz CT molecular complexity index is 1090. The van der Waals surface area contributed by atoms with Crippen molar-refractivity contribution in [2.75, 3.05) is 47.4 Å². The van der Waals surface area contributed by atoms with Crippen molar-refractivity contribution in [1.82, 2.24) is 14.5 Å². The maximum absolute atomic E-state index is 13.0. The molecule has 2 aromatic carbocycles. The number of piperazine rings is 1. The fourth-order valence-corrected chi connectivity index (χ4v) is 4.86. The molecular formula is C22H27N3O6S. The summed E-state index contributed by atoms with van der Waals surface area (Å²) >= 11 is 0. The van der Waals surface area contributed by atoms with Gasteiger partial charge in [-0.15, -0.1) is 0 Å². The Balaban J connectivity index is 1.72. The van der Waals surface area contributed by atoms with Crippen molar-refractivity contribution < 1.29 is 27.5 Å². The highest BCUT2D eigenvalue weighted by atomic mass is 32.2. The van der Waals surface area contributed by atoms with E-state index in [1.807, 2.05) is 7.05 Å². The molecule has 0 aromatic heterocycles.